The molecule has 1 fully saturated rings. The third kappa shape index (κ3) is 2.59. The SMILES string of the molecule is CCC1c2nncn2-c2cnc(-n3ccnc3-c3cscn3)nc2N1C1CCCC1. The number of thiazole rings is 1. The van der Waals surface area contributed by atoms with Crippen molar-refractivity contribution in [3.8, 4) is 23.2 Å². The molecule has 0 N–H and O–H groups in total. The molecule has 4 aromatic heterocycles. The standard InChI is InChI=1S/C20H21N9S/c1-2-15-19-26-24-11-28(19)16-9-22-20(25-18(16)29(15)13-5-3-4-6-13)27-8-7-21-17(27)14-10-30-12-23-14/h7-13,15H,2-6H2,1H3. The minimum absolute atomic E-state index is 0.159. The molecule has 0 saturated heterocycles. The van der Waals surface area contributed by atoms with Crippen LogP contribution in [0, 0.1) is 0 Å². The van der Waals surface area contributed by atoms with E-state index in [1.807, 2.05) is 32.4 Å². The topological polar surface area (TPSA) is 90.4 Å². The van der Waals surface area contributed by atoms with E-state index in [9.17, 15) is 0 Å². The fourth-order valence-electron chi connectivity index (χ4n) is 4.73. The molecular weight excluding hydrogens is 398 g/mol. The Balaban J connectivity index is 1.52. The fraction of sp³-hybridized carbons (Fsp3) is 0.400. The molecule has 1 saturated carbocycles. The number of hydrogen-bond donors (Lipinski definition) is 0. The van der Waals surface area contributed by atoms with Crippen molar-refractivity contribution in [2.75, 3.05) is 4.90 Å². The van der Waals surface area contributed by atoms with Gasteiger partial charge in [-0.2, -0.15) is 4.98 Å². The molecule has 6 rings (SSSR count). The minimum atomic E-state index is 0.159. The van der Waals surface area contributed by atoms with Crippen LogP contribution in [-0.2, 0) is 0 Å². The molecule has 1 unspecified atom stereocenters. The summed E-state index contributed by atoms with van der Waals surface area (Å²) in [5, 5.41) is 10.6. The van der Waals surface area contributed by atoms with Gasteiger partial charge in [0.2, 0.25) is 5.95 Å². The second-order valence-electron chi connectivity index (χ2n) is 7.70. The Bertz CT molecular complexity index is 1170. The Morgan fingerprint density at radius 2 is 2.03 bits per heavy atom. The minimum Gasteiger partial charge on any atom is -0.341 e. The molecule has 0 bridgehead atoms. The molecule has 2 aliphatic rings. The van der Waals surface area contributed by atoms with Gasteiger partial charge in [0.05, 0.1) is 17.7 Å². The van der Waals surface area contributed by atoms with Crippen LogP contribution >= 0.6 is 11.3 Å². The van der Waals surface area contributed by atoms with Crippen molar-refractivity contribution in [3.05, 3.63) is 41.6 Å². The van der Waals surface area contributed by atoms with Gasteiger partial charge in [0.25, 0.3) is 0 Å². The molecule has 0 spiro atoms. The maximum Gasteiger partial charge on any atom is 0.237 e. The first-order valence-corrected chi connectivity index (χ1v) is 11.3. The summed E-state index contributed by atoms with van der Waals surface area (Å²) in [4.78, 5) is 21.1. The van der Waals surface area contributed by atoms with E-state index in [0.29, 0.717) is 12.0 Å². The number of rotatable bonds is 4. The summed E-state index contributed by atoms with van der Waals surface area (Å²) in [6, 6.07) is 0.620. The molecule has 10 heteroatoms. The highest BCUT2D eigenvalue weighted by molar-refractivity contribution is 7.07. The third-order valence-electron chi connectivity index (χ3n) is 6.07. The molecule has 9 nitrogen and oxygen atoms in total. The highest BCUT2D eigenvalue weighted by Gasteiger charge is 2.38. The van der Waals surface area contributed by atoms with E-state index >= 15 is 0 Å². The van der Waals surface area contributed by atoms with Crippen LogP contribution in [0.4, 0.5) is 5.82 Å². The summed E-state index contributed by atoms with van der Waals surface area (Å²) < 4.78 is 3.94. The first kappa shape index (κ1) is 17.7. The van der Waals surface area contributed by atoms with Crippen molar-refractivity contribution in [1.29, 1.82) is 0 Å². The lowest BCUT2D eigenvalue weighted by Crippen LogP contribution is -2.42. The Hall–Kier alpha value is -3.14. The Kier molecular flexibility index (Phi) is 4.12. The third-order valence-corrected chi connectivity index (χ3v) is 6.66. The zero-order valence-electron chi connectivity index (χ0n) is 16.6. The maximum atomic E-state index is 5.07. The van der Waals surface area contributed by atoms with E-state index in [0.717, 1.165) is 35.3 Å². The maximum absolute atomic E-state index is 5.07. The van der Waals surface area contributed by atoms with Gasteiger partial charge in [-0.3, -0.25) is 9.13 Å². The van der Waals surface area contributed by atoms with Gasteiger partial charge >= 0.3 is 0 Å². The molecule has 30 heavy (non-hydrogen) atoms. The highest BCUT2D eigenvalue weighted by atomic mass is 32.1. The summed E-state index contributed by atoms with van der Waals surface area (Å²) in [6.07, 6.45) is 13.1. The molecule has 1 aliphatic carbocycles. The van der Waals surface area contributed by atoms with Crippen molar-refractivity contribution >= 4 is 17.2 Å². The molecule has 1 aliphatic heterocycles. The first-order chi connectivity index (χ1) is 14.8. The van der Waals surface area contributed by atoms with Crippen molar-refractivity contribution in [3.63, 3.8) is 0 Å². The second kappa shape index (κ2) is 6.98. The van der Waals surface area contributed by atoms with Gasteiger partial charge < -0.3 is 4.90 Å². The van der Waals surface area contributed by atoms with Gasteiger partial charge in [0.15, 0.2) is 17.5 Å². The number of fused-ring (bicyclic) bond motifs is 3. The van der Waals surface area contributed by atoms with E-state index in [2.05, 4.69) is 37.0 Å². The van der Waals surface area contributed by atoms with Crippen molar-refractivity contribution in [2.45, 2.75) is 51.1 Å². The molecule has 0 amide bonds. The summed E-state index contributed by atoms with van der Waals surface area (Å²) in [5.74, 6) is 3.27. The van der Waals surface area contributed by atoms with Gasteiger partial charge in [-0.1, -0.05) is 19.8 Å². The number of hydrogen-bond acceptors (Lipinski definition) is 8. The van der Waals surface area contributed by atoms with Crippen LogP contribution in [0.1, 0.15) is 50.9 Å². The van der Waals surface area contributed by atoms with E-state index in [1.165, 1.54) is 25.7 Å². The van der Waals surface area contributed by atoms with Gasteiger partial charge in [0.1, 0.15) is 17.7 Å². The van der Waals surface area contributed by atoms with Crippen molar-refractivity contribution in [1.82, 2.24) is 39.3 Å². The monoisotopic (exact) mass is 419 g/mol. The largest absolute Gasteiger partial charge is 0.341 e. The van der Waals surface area contributed by atoms with Crippen molar-refractivity contribution in [2.24, 2.45) is 0 Å². The fourth-order valence-corrected chi connectivity index (χ4v) is 5.26. The summed E-state index contributed by atoms with van der Waals surface area (Å²) in [5.41, 5.74) is 3.57. The van der Waals surface area contributed by atoms with Gasteiger partial charge in [-0.05, 0) is 19.3 Å². The van der Waals surface area contributed by atoms with E-state index in [1.54, 1.807) is 23.9 Å². The zero-order chi connectivity index (χ0) is 20.1. The molecule has 0 radical (unpaired) electrons. The Labute approximate surface area is 177 Å². The lowest BCUT2D eigenvalue weighted by atomic mass is 10.0. The van der Waals surface area contributed by atoms with E-state index < -0.39 is 0 Å². The second-order valence-corrected chi connectivity index (χ2v) is 8.42. The van der Waals surface area contributed by atoms with E-state index in [-0.39, 0.29) is 6.04 Å². The predicted molar refractivity (Wildman–Crippen MR) is 113 cm³/mol. The van der Waals surface area contributed by atoms with Crippen LogP contribution in [-0.4, -0.2) is 45.3 Å². The van der Waals surface area contributed by atoms with Crippen molar-refractivity contribution < 1.29 is 0 Å². The van der Waals surface area contributed by atoms with E-state index in [4.69, 9.17) is 4.98 Å². The number of aromatic nitrogens is 8. The Morgan fingerprint density at radius 1 is 1.13 bits per heavy atom. The van der Waals surface area contributed by atoms with Gasteiger partial charge in [-0.15, -0.1) is 21.5 Å². The summed E-state index contributed by atoms with van der Waals surface area (Å²) in [7, 11) is 0. The van der Waals surface area contributed by atoms with Crippen LogP contribution in [0.2, 0.25) is 0 Å². The smallest absolute Gasteiger partial charge is 0.237 e. The molecular formula is C20H21N9S. The average Bonchev–Trinajstić information content (AvgIpc) is 3.57. The summed E-state index contributed by atoms with van der Waals surface area (Å²) in [6.45, 7) is 2.20. The summed E-state index contributed by atoms with van der Waals surface area (Å²) >= 11 is 1.55. The zero-order valence-corrected chi connectivity index (χ0v) is 17.4. The molecule has 4 aromatic rings. The normalized spacial score (nSPS) is 18.6. The number of imidazole rings is 1. The first-order valence-electron chi connectivity index (χ1n) is 10.3. The molecule has 152 valence electrons. The van der Waals surface area contributed by atoms with Crippen LogP contribution in [0.3, 0.4) is 0 Å². The highest BCUT2D eigenvalue weighted by Crippen LogP contribution is 2.42. The van der Waals surface area contributed by atoms with Gasteiger partial charge in [-0.25, -0.2) is 15.0 Å². The average molecular weight is 420 g/mol. The lowest BCUT2D eigenvalue weighted by Gasteiger charge is -2.40. The Morgan fingerprint density at radius 3 is 2.83 bits per heavy atom. The quantitative estimate of drug-likeness (QED) is 0.499. The van der Waals surface area contributed by atoms with Crippen LogP contribution in [0.5, 0.6) is 0 Å². The predicted octanol–water partition coefficient (Wildman–Crippen LogP) is 3.58. The van der Waals surface area contributed by atoms with Crippen LogP contribution < -0.4 is 4.90 Å². The molecule has 5 heterocycles. The number of nitrogens with zero attached hydrogens (tertiary/aromatic N) is 9. The number of anilines is 1. The van der Waals surface area contributed by atoms with Crippen LogP contribution in [0.25, 0.3) is 23.2 Å². The molecule has 1 atom stereocenters. The molecule has 0 aromatic carbocycles. The van der Waals surface area contributed by atoms with Crippen LogP contribution in [0.15, 0.2) is 35.8 Å². The van der Waals surface area contributed by atoms with Gasteiger partial charge in [0, 0.05) is 23.8 Å². The lowest BCUT2D eigenvalue weighted by molar-refractivity contribution is 0.468.